The molecule has 6 heteroatoms. The van der Waals surface area contributed by atoms with Crippen LogP contribution in [0.4, 0.5) is 0 Å². The second kappa shape index (κ2) is 6.89. The first-order valence-electron chi connectivity index (χ1n) is 9.89. The van der Waals surface area contributed by atoms with Crippen molar-refractivity contribution in [1.82, 2.24) is 15.5 Å². The lowest BCUT2D eigenvalue weighted by Gasteiger charge is -2.43. The zero-order valence-corrected chi connectivity index (χ0v) is 17.7. The minimum absolute atomic E-state index is 0.100. The average Bonchev–Trinajstić information content (AvgIpc) is 3.29. The van der Waals surface area contributed by atoms with E-state index in [1.165, 1.54) is 19.3 Å². The molecule has 2 saturated carbocycles. The summed E-state index contributed by atoms with van der Waals surface area (Å²) in [4.78, 5) is 13.2. The molecule has 2 bridgehead atoms. The van der Waals surface area contributed by atoms with Crippen molar-refractivity contribution in [3.8, 4) is 11.3 Å². The van der Waals surface area contributed by atoms with Crippen LogP contribution in [0.1, 0.15) is 56.1 Å². The highest BCUT2D eigenvalue weighted by Gasteiger charge is 2.59. The minimum atomic E-state index is -0.105. The molecule has 0 spiro atoms. The highest BCUT2D eigenvalue weighted by Crippen LogP contribution is 2.62. The molecule has 2 aliphatic carbocycles. The Hall–Kier alpha value is -1.85. The van der Waals surface area contributed by atoms with Crippen molar-refractivity contribution >= 4 is 17.5 Å². The SMILES string of the molecule is COCc1c(-c2ccc(Cl)cc2)n[nH]c1C(=O)NC1C2(C)CCC(C2)C1(C)C. The van der Waals surface area contributed by atoms with Gasteiger partial charge in [-0.15, -0.1) is 0 Å². The van der Waals surface area contributed by atoms with Crippen LogP contribution in [0.2, 0.25) is 5.02 Å². The van der Waals surface area contributed by atoms with Crippen molar-refractivity contribution in [2.75, 3.05) is 7.11 Å². The summed E-state index contributed by atoms with van der Waals surface area (Å²) in [5.41, 5.74) is 3.15. The number of hydrogen-bond donors (Lipinski definition) is 2. The molecular weight excluding hydrogens is 374 g/mol. The van der Waals surface area contributed by atoms with Gasteiger partial charge in [-0.2, -0.15) is 5.10 Å². The van der Waals surface area contributed by atoms with Crippen LogP contribution in [0.15, 0.2) is 24.3 Å². The minimum Gasteiger partial charge on any atom is -0.380 e. The molecule has 3 unspecified atom stereocenters. The molecule has 3 atom stereocenters. The first-order chi connectivity index (χ1) is 13.3. The largest absolute Gasteiger partial charge is 0.380 e. The maximum absolute atomic E-state index is 13.2. The normalized spacial score (nSPS) is 27.9. The number of benzene rings is 1. The van der Waals surface area contributed by atoms with Crippen LogP contribution in [0.3, 0.4) is 0 Å². The predicted molar refractivity (Wildman–Crippen MR) is 110 cm³/mol. The molecule has 0 saturated heterocycles. The lowest BCUT2D eigenvalue weighted by molar-refractivity contribution is 0.0729. The highest BCUT2D eigenvalue weighted by molar-refractivity contribution is 6.30. The van der Waals surface area contributed by atoms with Crippen molar-refractivity contribution < 1.29 is 9.53 Å². The van der Waals surface area contributed by atoms with E-state index in [0.717, 1.165) is 16.8 Å². The van der Waals surface area contributed by atoms with Gasteiger partial charge >= 0.3 is 0 Å². The Bertz CT molecular complexity index is 885. The lowest BCUT2D eigenvalue weighted by atomic mass is 9.68. The molecule has 1 heterocycles. The summed E-state index contributed by atoms with van der Waals surface area (Å²) in [6.07, 6.45) is 3.63. The standard InChI is InChI=1S/C22H28ClN3O2/c1-21(2)14-9-10-22(3,11-14)20(21)24-19(27)18-16(12-28-4)17(25-26-18)13-5-7-15(23)8-6-13/h5-8,14,20H,9-12H2,1-4H3,(H,24,27)(H,25,26). The van der Waals surface area contributed by atoms with Crippen LogP contribution < -0.4 is 5.32 Å². The first kappa shape index (κ1) is 19.5. The van der Waals surface area contributed by atoms with Gasteiger partial charge in [0.15, 0.2) is 0 Å². The number of H-pyrrole nitrogens is 1. The summed E-state index contributed by atoms with van der Waals surface area (Å²) in [7, 11) is 1.63. The van der Waals surface area contributed by atoms with E-state index >= 15 is 0 Å². The quantitative estimate of drug-likeness (QED) is 0.754. The molecule has 2 aliphatic rings. The van der Waals surface area contributed by atoms with Crippen LogP contribution in [-0.2, 0) is 11.3 Å². The van der Waals surface area contributed by atoms with E-state index in [0.29, 0.717) is 23.2 Å². The van der Waals surface area contributed by atoms with Crippen LogP contribution in [0.25, 0.3) is 11.3 Å². The van der Waals surface area contributed by atoms with Gasteiger partial charge in [-0.1, -0.05) is 44.5 Å². The van der Waals surface area contributed by atoms with E-state index in [1.54, 1.807) is 7.11 Å². The number of halogens is 1. The third-order valence-electron chi connectivity index (χ3n) is 7.05. The summed E-state index contributed by atoms with van der Waals surface area (Å²) in [6.45, 7) is 7.20. The van der Waals surface area contributed by atoms with E-state index in [1.807, 2.05) is 24.3 Å². The molecule has 5 nitrogen and oxygen atoms in total. The van der Waals surface area contributed by atoms with Gasteiger partial charge in [-0.05, 0) is 48.1 Å². The third-order valence-corrected chi connectivity index (χ3v) is 7.30. The van der Waals surface area contributed by atoms with E-state index in [2.05, 4.69) is 36.3 Å². The van der Waals surface area contributed by atoms with Gasteiger partial charge in [0.25, 0.3) is 5.91 Å². The molecule has 28 heavy (non-hydrogen) atoms. The Kier molecular flexibility index (Phi) is 4.79. The Morgan fingerprint density at radius 2 is 2.04 bits per heavy atom. The number of amides is 1. The number of aromatic nitrogens is 2. The van der Waals surface area contributed by atoms with E-state index < -0.39 is 0 Å². The van der Waals surface area contributed by atoms with Crippen LogP contribution in [0.5, 0.6) is 0 Å². The Morgan fingerprint density at radius 3 is 2.64 bits per heavy atom. The lowest BCUT2D eigenvalue weighted by Crippen LogP contribution is -2.52. The first-order valence-corrected chi connectivity index (χ1v) is 10.3. The van der Waals surface area contributed by atoms with Crippen molar-refractivity contribution in [3.05, 3.63) is 40.5 Å². The number of fused-ring (bicyclic) bond motifs is 2. The molecule has 2 aromatic rings. The Balaban J connectivity index is 1.64. The number of ether oxygens (including phenoxy) is 1. The van der Waals surface area contributed by atoms with Gasteiger partial charge in [0, 0.05) is 29.3 Å². The fraction of sp³-hybridized carbons (Fsp3) is 0.545. The Morgan fingerprint density at radius 1 is 1.32 bits per heavy atom. The van der Waals surface area contributed by atoms with Crippen molar-refractivity contribution in [2.45, 2.75) is 52.7 Å². The van der Waals surface area contributed by atoms with E-state index in [4.69, 9.17) is 16.3 Å². The van der Waals surface area contributed by atoms with Crippen LogP contribution in [-0.4, -0.2) is 29.3 Å². The number of methoxy groups -OCH3 is 1. The average molecular weight is 402 g/mol. The number of hydrogen-bond acceptors (Lipinski definition) is 3. The van der Waals surface area contributed by atoms with E-state index in [9.17, 15) is 4.79 Å². The smallest absolute Gasteiger partial charge is 0.269 e. The van der Waals surface area contributed by atoms with Gasteiger partial charge in [-0.25, -0.2) is 0 Å². The molecular formula is C22H28ClN3O2. The number of carbonyl (C=O) groups is 1. The monoisotopic (exact) mass is 401 g/mol. The van der Waals surface area contributed by atoms with Crippen LogP contribution >= 0.6 is 11.6 Å². The zero-order valence-electron chi connectivity index (χ0n) is 16.9. The summed E-state index contributed by atoms with van der Waals surface area (Å²) in [5.74, 6) is 0.569. The van der Waals surface area contributed by atoms with Crippen LogP contribution in [0, 0.1) is 16.7 Å². The molecule has 4 rings (SSSR count). The fourth-order valence-corrected chi connectivity index (χ4v) is 5.68. The Labute approximate surface area is 171 Å². The molecule has 1 aromatic heterocycles. The number of nitrogens with one attached hydrogen (secondary N) is 2. The summed E-state index contributed by atoms with van der Waals surface area (Å²) in [5, 5.41) is 11.4. The second-order valence-corrected chi connectivity index (χ2v) is 9.62. The topological polar surface area (TPSA) is 67.0 Å². The van der Waals surface area contributed by atoms with Gasteiger partial charge in [-0.3, -0.25) is 9.89 Å². The molecule has 2 fully saturated rings. The maximum Gasteiger partial charge on any atom is 0.269 e. The molecule has 1 aromatic carbocycles. The van der Waals surface area contributed by atoms with Crippen molar-refractivity contribution in [2.24, 2.45) is 16.7 Å². The molecule has 0 aliphatic heterocycles. The number of aromatic amines is 1. The van der Waals surface area contributed by atoms with Gasteiger partial charge < -0.3 is 10.1 Å². The highest BCUT2D eigenvalue weighted by atomic mass is 35.5. The number of nitrogens with zero attached hydrogens (tertiary/aromatic N) is 1. The predicted octanol–water partition coefficient (Wildman–Crippen LogP) is 4.82. The molecule has 2 N–H and O–H groups in total. The number of carbonyl (C=O) groups excluding carboxylic acids is 1. The molecule has 0 radical (unpaired) electrons. The fourth-order valence-electron chi connectivity index (χ4n) is 5.55. The summed E-state index contributed by atoms with van der Waals surface area (Å²) >= 11 is 6.00. The van der Waals surface area contributed by atoms with Gasteiger partial charge in [0.2, 0.25) is 0 Å². The third kappa shape index (κ3) is 3.05. The van der Waals surface area contributed by atoms with Crippen molar-refractivity contribution in [1.29, 1.82) is 0 Å². The molecule has 1 amide bonds. The second-order valence-electron chi connectivity index (χ2n) is 9.19. The number of rotatable bonds is 5. The molecule has 150 valence electrons. The van der Waals surface area contributed by atoms with Gasteiger partial charge in [0.1, 0.15) is 5.69 Å². The zero-order chi connectivity index (χ0) is 20.1. The summed E-state index contributed by atoms with van der Waals surface area (Å²) < 4.78 is 5.38. The van der Waals surface area contributed by atoms with E-state index in [-0.39, 0.29) is 22.8 Å². The van der Waals surface area contributed by atoms with Crippen molar-refractivity contribution in [3.63, 3.8) is 0 Å². The summed E-state index contributed by atoms with van der Waals surface area (Å²) in [6, 6.07) is 7.60. The van der Waals surface area contributed by atoms with Gasteiger partial charge in [0.05, 0.1) is 12.3 Å². The maximum atomic E-state index is 13.2.